The van der Waals surface area contributed by atoms with Gasteiger partial charge in [-0.2, -0.15) is 5.10 Å². The van der Waals surface area contributed by atoms with E-state index < -0.39 is 15.8 Å². The Kier molecular flexibility index (Phi) is 6.89. The molecule has 1 aromatic heterocycles. The van der Waals surface area contributed by atoms with E-state index in [1.165, 1.54) is 12.1 Å². The summed E-state index contributed by atoms with van der Waals surface area (Å²) in [4.78, 5) is 12.7. The molecule has 34 heavy (non-hydrogen) atoms. The lowest BCUT2D eigenvalue weighted by molar-refractivity contribution is -0.115. The number of carbonyl (C=O) groups excluding carboxylic acids is 1. The van der Waals surface area contributed by atoms with Gasteiger partial charge in [-0.1, -0.05) is 32.9 Å². The van der Waals surface area contributed by atoms with Gasteiger partial charge >= 0.3 is 0 Å². The van der Waals surface area contributed by atoms with Gasteiger partial charge in [0.2, 0.25) is 5.91 Å². The average molecular weight is 487 g/mol. The summed E-state index contributed by atoms with van der Waals surface area (Å²) < 4.78 is 42.3. The lowest BCUT2D eigenvalue weighted by atomic mass is 9.92. The first-order chi connectivity index (χ1) is 15.6. The van der Waals surface area contributed by atoms with Crippen molar-refractivity contribution < 1.29 is 17.6 Å². The maximum absolute atomic E-state index is 13.1. The van der Waals surface area contributed by atoms with Gasteiger partial charge in [0.25, 0.3) is 10.0 Å². The molecule has 0 spiro atoms. The Labute approximate surface area is 200 Å². The molecule has 1 amide bonds. The van der Waals surface area contributed by atoms with E-state index >= 15 is 0 Å². The molecule has 0 aliphatic heterocycles. The number of anilines is 2. The van der Waals surface area contributed by atoms with E-state index in [2.05, 4.69) is 30.8 Å². The van der Waals surface area contributed by atoms with E-state index in [0.29, 0.717) is 11.5 Å². The van der Waals surface area contributed by atoms with Gasteiger partial charge in [0.15, 0.2) is 0 Å². The van der Waals surface area contributed by atoms with Crippen LogP contribution in [0.3, 0.4) is 0 Å². The first-order valence-electron chi connectivity index (χ1n) is 10.9. The second kappa shape index (κ2) is 9.21. The lowest BCUT2D eigenvalue weighted by Crippen LogP contribution is -2.27. The van der Waals surface area contributed by atoms with E-state index in [0.717, 1.165) is 23.4 Å². The van der Waals surface area contributed by atoms with E-state index in [-0.39, 0.29) is 28.2 Å². The molecule has 0 unspecified atom stereocenters. The third kappa shape index (κ3) is 6.22. The number of rotatable bonds is 6. The van der Waals surface area contributed by atoms with Crippen molar-refractivity contribution in [2.24, 2.45) is 0 Å². The smallest absolute Gasteiger partial charge is 0.261 e. The van der Waals surface area contributed by atoms with Crippen molar-refractivity contribution in [3.63, 3.8) is 0 Å². The fourth-order valence-corrected chi connectivity index (χ4v) is 4.30. The molecule has 1 heterocycles. The maximum Gasteiger partial charge on any atom is 0.261 e. The van der Waals surface area contributed by atoms with Gasteiger partial charge in [-0.3, -0.25) is 9.52 Å². The number of halogens is 1. The summed E-state index contributed by atoms with van der Waals surface area (Å²) in [6.07, 6.45) is 0.116. The summed E-state index contributed by atoms with van der Waals surface area (Å²) in [5.74, 6) is -0.0848. The molecule has 9 heteroatoms. The quantitative estimate of drug-likeness (QED) is 0.510. The average Bonchev–Trinajstić information content (AvgIpc) is 3.14. The van der Waals surface area contributed by atoms with Crippen LogP contribution in [0.5, 0.6) is 0 Å². The van der Waals surface area contributed by atoms with Crippen LogP contribution in [0.4, 0.5) is 15.9 Å². The number of amides is 1. The van der Waals surface area contributed by atoms with Crippen LogP contribution < -0.4 is 10.0 Å². The van der Waals surface area contributed by atoms with Crippen molar-refractivity contribution in [2.45, 2.75) is 63.8 Å². The third-order valence-electron chi connectivity index (χ3n) is 5.08. The summed E-state index contributed by atoms with van der Waals surface area (Å²) in [5, 5.41) is 7.66. The molecule has 0 atom stereocenters. The summed E-state index contributed by atoms with van der Waals surface area (Å²) in [6, 6.07) is 13.0. The Morgan fingerprint density at radius 1 is 0.971 bits per heavy atom. The zero-order chi connectivity index (χ0) is 25.3. The fourth-order valence-electron chi connectivity index (χ4n) is 3.24. The van der Waals surface area contributed by atoms with E-state index in [1.807, 2.05) is 31.5 Å². The van der Waals surface area contributed by atoms with Crippen molar-refractivity contribution in [1.82, 2.24) is 9.78 Å². The normalized spacial score (nSPS) is 12.4. The highest BCUT2D eigenvalue weighted by Crippen LogP contribution is 2.28. The highest BCUT2D eigenvalue weighted by Gasteiger charge is 2.25. The van der Waals surface area contributed by atoms with Gasteiger partial charge in [0, 0.05) is 17.2 Å². The molecule has 0 saturated heterocycles. The number of nitrogens with one attached hydrogen (secondary N) is 2. The molecule has 3 rings (SSSR count). The van der Waals surface area contributed by atoms with E-state index in [1.54, 1.807) is 24.3 Å². The summed E-state index contributed by atoms with van der Waals surface area (Å²) in [6.45, 7) is 12.3. The largest absolute Gasteiger partial charge is 0.311 e. The van der Waals surface area contributed by atoms with Gasteiger partial charge in [-0.15, -0.1) is 0 Å². The van der Waals surface area contributed by atoms with Gasteiger partial charge in [-0.05, 0) is 62.7 Å². The first-order valence-corrected chi connectivity index (χ1v) is 12.4. The standard InChI is InChI=1S/C25H31FN4O3S/c1-24(2,3)21-16-22(30(28-21)25(4,5)6)27-23(31)15-17-7-11-19(12-8-17)29-34(32,33)20-13-9-18(26)10-14-20/h7-14,16,29H,15H2,1-6H3,(H,27,31). The summed E-state index contributed by atoms with van der Waals surface area (Å²) in [5.41, 5.74) is 1.48. The van der Waals surface area contributed by atoms with Gasteiger partial charge in [-0.25, -0.2) is 17.5 Å². The predicted octanol–water partition coefficient (Wildman–Crippen LogP) is 5.06. The summed E-state index contributed by atoms with van der Waals surface area (Å²) >= 11 is 0. The van der Waals surface area contributed by atoms with Crippen molar-refractivity contribution in [2.75, 3.05) is 10.0 Å². The van der Waals surface area contributed by atoms with Crippen molar-refractivity contribution >= 4 is 27.4 Å². The van der Waals surface area contributed by atoms with Crippen LogP contribution in [0.15, 0.2) is 59.5 Å². The van der Waals surface area contributed by atoms with Crippen LogP contribution >= 0.6 is 0 Å². The van der Waals surface area contributed by atoms with Crippen LogP contribution in [0.25, 0.3) is 0 Å². The molecular formula is C25H31FN4O3S. The van der Waals surface area contributed by atoms with Crippen LogP contribution in [0, 0.1) is 5.82 Å². The Morgan fingerprint density at radius 2 is 1.56 bits per heavy atom. The number of carbonyl (C=O) groups is 1. The van der Waals surface area contributed by atoms with Crippen LogP contribution in [-0.2, 0) is 32.2 Å². The summed E-state index contributed by atoms with van der Waals surface area (Å²) in [7, 11) is -3.84. The Balaban J connectivity index is 1.70. The first kappa shape index (κ1) is 25.4. The van der Waals surface area contributed by atoms with Gasteiger partial charge in [0.1, 0.15) is 11.6 Å². The molecule has 182 valence electrons. The molecule has 2 N–H and O–H groups in total. The molecule has 0 radical (unpaired) electrons. The number of benzene rings is 2. The minimum atomic E-state index is -3.84. The molecule has 0 fully saturated rings. The molecule has 0 bridgehead atoms. The molecule has 0 saturated carbocycles. The Bertz CT molecular complexity index is 1270. The van der Waals surface area contributed by atoms with Crippen LogP contribution in [0.1, 0.15) is 52.8 Å². The number of sulfonamides is 1. The fraction of sp³-hybridized carbons (Fsp3) is 0.360. The van der Waals surface area contributed by atoms with Crippen molar-refractivity contribution in [3.05, 3.63) is 71.7 Å². The minimum absolute atomic E-state index is 0.0394. The topological polar surface area (TPSA) is 93.1 Å². The zero-order valence-corrected chi connectivity index (χ0v) is 21.1. The number of hydrogen-bond acceptors (Lipinski definition) is 4. The molecule has 2 aromatic carbocycles. The lowest BCUT2D eigenvalue weighted by Gasteiger charge is -2.23. The van der Waals surface area contributed by atoms with Crippen LogP contribution in [0.2, 0.25) is 0 Å². The minimum Gasteiger partial charge on any atom is -0.311 e. The second-order valence-electron chi connectivity index (χ2n) is 10.2. The van der Waals surface area contributed by atoms with Crippen molar-refractivity contribution in [3.8, 4) is 0 Å². The number of hydrogen-bond donors (Lipinski definition) is 2. The predicted molar refractivity (Wildman–Crippen MR) is 132 cm³/mol. The monoisotopic (exact) mass is 486 g/mol. The van der Waals surface area contributed by atoms with Gasteiger partial charge < -0.3 is 5.32 Å². The molecule has 0 aliphatic carbocycles. The maximum atomic E-state index is 13.1. The van der Waals surface area contributed by atoms with Crippen molar-refractivity contribution in [1.29, 1.82) is 0 Å². The van der Waals surface area contributed by atoms with E-state index in [9.17, 15) is 17.6 Å². The molecule has 7 nitrogen and oxygen atoms in total. The zero-order valence-electron chi connectivity index (χ0n) is 20.3. The third-order valence-corrected chi connectivity index (χ3v) is 6.47. The molecule has 0 aliphatic rings. The second-order valence-corrected chi connectivity index (χ2v) is 11.9. The molecule has 3 aromatic rings. The number of aromatic nitrogens is 2. The highest BCUT2D eigenvalue weighted by molar-refractivity contribution is 7.92. The SMILES string of the molecule is CC(C)(C)c1cc(NC(=O)Cc2ccc(NS(=O)(=O)c3ccc(F)cc3)cc2)n(C(C)(C)C)n1. The Morgan fingerprint density at radius 3 is 2.09 bits per heavy atom. The van der Waals surface area contributed by atoms with E-state index in [4.69, 9.17) is 5.10 Å². The Hall–Kier alpha value is -3.20. The van der Waals surface area contributed by atoms with Crippen LogP contribution in [-0.4, -0.2) is 24.1 Å². The van der Waals surface area contributed by atoms with Gasteiger partial charge in [0.05, 0.1) is 22.5 Å². The highest BCUT2D eigenvalue weighted by atomic mass is 32.2. The number of nitrogens with zero attached hydrogens (tertiary/aromatic N) is 2. The molecular weight excluding hydrogens is 455 g/mol.